The zero-order valence-corrected chi connectivity index (χ0v) is 49.9. The Labute approximate surface area is 477 Å². The lowest BCUT2D eigenvalue weighted by molar-refractivity contribution is -0.438. The Bertz CT molecular complexity index is 3590. The van der Waals surface area contributed by atoms with Crippen molar-refractivity contribution in [2.24, 2.45) is 0 Å². The monoisotopic (exact) mass is 1260 g/mol. The van der Waals surface area contributed by atoms with Crippen LogP contribution in [0.25, 0.3) is 6.08 Å². The summed E-state index contributed by atoms with van der Waals surface area (Å²) >= 11 is 0. The van der Waals surface area contributed by atoms with Gasteiger partial charge in [-0.3, -0.25) is 33.0 Å². The number of unbranched alkanes of at least 4 members (excludes halogenated alkanes) is 4. The highest BCUT2D eigenvalue weighted by Crippen LogP contribution is 2.66. The van der Waals surface area contributed by atoms with Gasteiger partial charge in [0.15, 0.2) is 11.9 Å². The number of ether oxygens (including phenoxy) is 1. The molecule has 6 atom stereocenters. The van der Waals surface area contributed by atoms with E-state index in [0.29, 0.717) is 73.9 Å². The SMILES string of the molecule is CCN1C(=CC=CC2=[N+](CCCCCC(=O)NCCCCCC(=O)NC/C=C/c3cn([C@@H]4O[C@H](COP(=O)(O)OP(=O)(O)OP(=O)(O)O)[C@@H](O)[C@H]4O)c(=O)[nH]c3=O)c3ccc(S(=O)(=O)O)cc3C2(C)C)C(C)(C)c2cc(S(=O)(=O)[O-])ccc21. The number of hydrogen-bond acceptors (Lipinski definition) is 19. The molecule has 6 rings (SSSR count). The van der Waals surface area contributed by atoms with Gasteiger partial charge in [-0.25, -0.2) is 26.9 Å². The van der Waals surface area contributed by atoms with Gasteiger partial charge in [-0.15, -0.1) is 0 Å². The van der Waals surface area contributed by atoms with E-state index in [4.69, 9.17) is 14.5 Å². The predicted molar refractivity (Wildman–Crippen MR) is 296 cm³/mol. The first-order chi connectivity index (χ1) is 38.5. The maximum atomic E-state index is 12.8. The molecule has 0 saturated carbocycles. The summed E-state index contributed by atoms with van der Waals surface area (Å²) in [6.45, 7) is 10.1. The van der Waals surface area contributed by atoms with Crippen molar-refractivity contribution < 1.29 is 101 Å². The lowest BCUT2D eigenvalue weighted by Crippen LogP contribution is -2.38. The third-order valence-corrected chi connectivity index (χ3v) is 19.4. The van der Waals surface area contributed by atoms with E-state index >= 15 is 0 Å². The molecule has 0 spiro atoms. The number of anilines is 1. The molecule has 1 fully saturated rings. The molecule has 29 nitrogen and oxygen atoms in total. The van der Waals surface area contributed by atoms with Crippen LogP contribution in [0.1, 0.15) is 109 Å². The van der Waals surface area contributed by atoms with Crippen molar-refractivity contribution in [1.82, 2.24) is 20.2 Å². The summed E-state index contributed by atoms with van der Waals surface area (Å²) in [5.41, 5.74) is 1.12. The molecule has 4 heterocycles. The summed E-state index contributed by atoms with van der Waals surface area (Å²) in [5, 5.41) is 26.6. The van der Waals surface area contributed by atoms with E-state index in [0.717, 1.165) is 29.0 Å². The minimum atomic E-state index is -5.86. The summed E-state index contributed by atoms with van der Waals surface area (Å²) in [5.74, 6) is -0.455. The fourth-order valence-corrected chi connectivity index (χ4v) is 13.9. The molecule has 1 aromatic heterocycles. The summed E-state index contributed by atoms with van der Waals surface area (Å²) in [4.78, 5) is 90.4. The van der Waals surface area contributed by atoms with Crippen molar-refractivity contribution in [3.8, 4) is 0 Å². The number of H-pyrrole nitrogens is 1. The number of nitrogens with zero attached hydrogens (tertiary/aromatic N) is 3. The number of phosphoric acid groups is 3. The minimum Gasteiger partial charge on any atom is -0.744 e. The average molecular weight is 1270 g/mol. The van der Waals surface area contributed by atoms with E-state index in [1.165, 1.54) is 36.4 Å². The third kappa shape index (κ3) is 17.1. The van der Waals surface area contributed by atoms with Crippen LogP contribution in [0.4, 0.5) is 11.4 Å². The molecule has 83 heavy (non-hydrogen) atoms. The smallest absolute Gasteiger partial charge is 0.490 e. The van der Waals surface area contributed by atoms with E-state index < -0.39 is 96.9 Å². The van der Waals surface area contributed by atoms with Crippen LogP contribution in [-0.2, 0) is 72.2 Å². The number of aliphatic hydroxyl groups is 2. The Balaban J connectivity index is 0.934. The molecule has 3 aliphatic rings. The van der Waals surface area contributed by atoms with Crippen molar-refractivity contribution >= 4 is 78.7 Å². The van der Waals surface area contributed by atoms with Crippen molar-refractivity contribution in [1.29, 1.82) is 0 Å². The summed E-state index contributed by atoms with van der Waals surface area (Å²) < 4.78 is 124. The minimum absolute atomic E-state index is 0.0489. The topological polar surface area (TPSA) is 440 Å². The third-order valence-electron chi connectivity index (χ3n) is 14.0. The van der Waals surface area contributed by atoms with Crippen LogP contribution in [0.15, 0.2) is 92.0 Å². The van der Waals surface area contributed by atoms with Gasteiger partial charge in [0.2, 0.25) is 17.5 Å². The zero-order chi connectivity index (χ0) is 61.7. The number of amides is 2. The number of benzene rings is 2. The number of aromatic nitrogens is 2. The van der Waals surface area contributed by atoms with Crippen molar-refractivity contribution in [2.45, 2.75) is 131 Å². The number of nitrogens with one attached hydrogen (secondary N) is 3. The second-order valence-corrected chi connectivity index (χ2v) is 27.8. The highest BCUT2D eigenvalue weighted by Gasteiger charge is 2.48. The molecule has 3 aromatic rings. The van der Waals surface area contributed by atoms with Gasteiger partial charge in [-0.05, 0) is 88.4 Å². The van der Waals surface area contributed by atoms with Crippen LogP contribution in [0, 0.1) is 0 Å². The average Bonchev–Trinajstić information content (AvgIpc) is 1.95. The predicted octanol–water partition coefficient (Wildman–Crippen LogP) is 3.35. The largest absolute Gasteiger partial charge is 0.744 e. The van der Waals surface area contributed by atoms with Crippen LogP contribution in [0.2, 0.25) is 0 Å². The highest BCUT2D eigenvalue weighted by molar-refractivity contribution is 7.86. The van der Waals surface area contributed by atoms with Crippen LogP contribution in [0.3, 0.4) is 0 Å². The number of hydrogen-bond donors (Lipinski definition) is 10. The van der Waals surface area contributed by atoms with Crippen LogP contribution in [-0.4, -0.2) is 138 Å². The van der Waals surface area contributed by atoms with E-state index in [1.807, 2.05) is 57.8 Å². The molecule has 0 bridgehead atoms. The molecule has 0 radical (unpaired) electrons. The maximum absolute atomic E-state index is 12.8. The molecule has 10 N–H and O–H groups in total. The molecule has 0 aliphatic carbocycles. The van der Waals surface area contributed by atoms with Gasteiger partial charge in [-0.2, -0.15) is 21.6 Å². The first-order valence-electron chi connectivity index (χ1n) is 25.9. The molecular weight excluding hydrogens is 1200 g/mol. The van der Waals surface area contributed by atoms with Crippen molar-refractivity contribution in [2.75, 3.05) is 37.7 Å². The molecule has 458 valence electrons. The lowest BCUT2D eigenvalue weighted by Gasteiger charge is -2.25. The van der Waals surface area contributed by atoms with Gasteiger partial charge >= 0.3 is 29.2 Å². The number of allylic oxidation sites excluding steroid dienone is 4. The van der Waals surface area contributed by atoms with Crippen molar-refractivity contribution in [3.63, 3.8) is 0 Å². The second kappa shape index (κ2) is 26.6. The number of fused-ring (bicyclic) bond motifs is 2. The van der Waals surface area contributed by atoms with Gasteiger partial charge in [0.1, 0.15) is 35.0 Å². The Kier molecular flexibility index (Phi) is 21.5. The molecule has 1 saturated heterocycles. The standard InChI is InChI=1S/C49H67N6O23P3S2/c1-6-53-36-22-20-32(82(69,70)71)27-34(36)48(2,3)39(53)16-13-17-40-49(4,5)35-28-33(83(72,73)74)21-23-37(35)54(40)26-12-8-10-19-41(56)50-24-11-7-9-18-42(57)51-25-14-15-31-29-55(47(61)52-45(31)60)46-44(59)43(58)38(76-46)30-75-80(65,66)78-81(67,68)77-79(62,63)64/h13-17,20-23,27-29,38,43-44,46,58-59H,6-12,18-19,24-26,30H2,1-5H3,(H8-,50,51,52,56,57,60,61,62,63,64,65,66,67,68,69,70,71,72,73,74)/b15-14+/t38-,43-,44-,46-/m1/s1. The Hall–Kier alpha value is -5.14. The molecule has 2 aromatic carbocycles. The molecule has 2 unspecified atom stereocenters. The van der Waals surface area contributed by atoms with Gasteiger partial charge in [-0.1, -0.05) is 38.5 Å². The van der Waals surface area contributed by atoms with Crippen molar-refractivity contribution in [3.05, 3.63) is 110 Å². The number of aliphatic hydroxyl groups excluding tert-OH is 2. The number of phosphoric ester groups is 1. The number of carbonyl (C=O) groups excluding carboxylic acids is 2. The second-order valence-electron chi connectivity index (χ2n) is 20.6. The van der Waals surface area contributed by atoms with Gasteiger partial charge in [0, 0.05) is 79.6 Å². The summed E-state index contributed by atoms with van der Waals surface area (Å²) in [6.07, 6.45) is 6.12. The highest BCUT2D eigenvalue weighted by atomic mass is 32.2. The van der Waals surface area contributed by atoms with E-state index in [2.05, 4.69) is 33.3 Å². The van der Waals surface area contributed by atoms with E-state index in [-0.39, 0.29) is 46.6 Å². The summed E-state index contributed by atoms with van der Waals surface area (Å²) in [7, 11) is -26.4. The Morgan fingerprint density at radius 3 is 2.11 bits per heavy atom. The quantitative estimate of drug-likeness (QED) is 0.0216. The first-order valence-corrected chi connectivity index (χ1v) is 33.2. The zero-order valence-electron chi connectivity index (χ0n) is 45.6. The number of aromatic amines is 1. The Morgan fingerprint density at radius 1 is 0.831 bits per heavy atom. The molecular formula is C49H67N6O23P3S2. The fourth-order valence-electron chi connectivity index (χ4n) is 9.90. The lowest BCUT2D eigenvalue weighted by atomic mass is 9.81. The number of rotatable bonds is 28. The number of carbonyl (C=O) groups is 2. The normalized spacial score (nSPS) is 21.6. The van der Waals surface area contributed by atoms with E-state index in [1.54, 1.807) is 12.1 Å². The molecule has 34 heteroatoms. The molecule has 2 amide bonds. The molecule has 3 aliphatic heterocycles. The van der Waals surface area contributed by atoms with Crippen LogP contribution >= 0.6 is 23.5 Å². The summed E-state index contributed by atoms with van der Waals surface area (Å²) in [6, 6.07) is 8.87. The maximum Gasteiger partial charge on any atom is 0.490 e. The first kappa shape index (κ1) is 67.0. The van der Waals surface area contributed by atoms with Gasteiger partial charge in [0.05, 0.1) is 27.4 Å². The fraction of sp³-hybridized carbons (Fsp3) is 0.490. The van der Waals surface area contributed by atoms with Crippen LogP contribution in [0.5, 0.6) is 0 Å². The van der Waals surface area contributed by atoms with Gasteiger partial charge < -0.3 is 54.6 Å². The Morgan fingerprint density at radius 2 is 1.47 bits per heavy atom. The van der Waals surface area contributed by atoms with Crippen LogP contribution < -0.4 is 26.8 Å². The van der Waals surface area contributed by atoms with Gasteiger partial charge in [0.25, 0.3) is 15.7 Å². The number of likely N-dealkylation sites (N-methyl/N-ethyl adjacent to an activating group) is 1. The van der Waals surface area contributed by atoms with E-state index in [9.17, 15) is 78.8 Å².